The molecule has 0 bridgehead atoms. The minimum Gasteiger partial charge on any atom is -0.394 e. The summed E-state index contributed by atoms with van der Waals surface area (Å²) in [6.45, 7) is -3.92. The van der Waals surface area contributed by atoms with Crippen LogP contribution in [0.25, 0.3) is 0 Å². The van der Waals surface area contributed by atoms with Crippen LogP contribution in [0.4, 0.5) is 0 Å². The van der Waals surface area contributed by atoms with E-state index in [2.05, 4.69) is 5.43 Å². The van der Waals surface area contributed by atoms with E-state index in [0.29, 0.717) is 0 Å². The molecule has 18 N–H and O–H groups in total. The molecule has 29 nitrogen and oxygen atoms in total. The van der Waals surface area contributed by atoms with Crippen LogP contribution in [0.2, 0.25) is 0 Å². The van der Waals surface area contributed by atoms with E-state index >= 15 is 0 Å². The summed E-state index contributed by atoms with van der Waals surface area (Å²) in [4.78, 5) is 37.3. The largest absolute Gasteiger partial charge is 0.394 e. The molecule has 4 rings (SSSR count). The third-order valence-corrected chi connectivity index (χ3v) is 10.6. The Labute approximate surface area is 358 Å². The first-order valence-electron chi connectivity index (χ1n) is 19.8. The summed E-state index contributed by atoms with van der Waals surface area (Å²) >= 11 is 0. The van der Waals surface area contributed by atoms with Crippen LogP contribution >= 0.6 is 0 Å². The number of hydrogen-bond acceptors (Lipinski definition) is 26. The van der Waals surface area contributed by atoms with Crippen LogP contribution in [-0.4, -0.2) is 283 Å². The van der Waals surface area contributed by atoms with Crippen LogP contribution in [0.5, 0.6) is 0 Å². The average molecular weight is 924 g/mol. The molecule has 0 aliphatic carbocycles. The number of ether oxygens (including phenoxy) is 8. The zero-order chi connectivity index (χ0) is 46.9. The van der Waals surface area contributed by atoms with Crippen LogP contribution in [0.15, 0.2) is 0 Å². The SMILES string of the molecule is C[C@@H]1O[C@H](OCCN(CCO[C@H]2O[C@H](CO[C@H]3O[C@H](CO)[C@@H](O)[C@H](O)[C@@H]3O)[C@@H](O)[C@H](O[C@H]3O[C@H](CO)[C@@H](O)[C@H](O)[C@@H]3O)[C@@H]2O)NC(=O)CN(CC(N)=O)CC(N)=O)[C@@H](O)[C@H](O)[C@@H]1O. The van der Waals surface area contributed by atoms with Crippen molar-refractivity contribution in [2.45, 2.75) is 130 Å². The molecule has 4 aliphatic heterocycles. The first-order valence-corrected chi connectivity index (χ1v) is 19.8. The predicted molar refractivity (Wildman–Crippen MR) is 198 cm³/mol. The second kappa shape index (κ2) is 24.3. The van der Waals surface area contributed by atoms with Gasteiger partial charge in [0.2, 0.25) is 17.7 Å². The van der Waals surface area contributed by atoms with Crippen molar-refractivity contribution in [2.24, 2.45) is 11.5 Å². The summed E-state index contributed by atoms with van der Waals surface area (Å²) in [5.74, 6) is -2.57. The highest BCUT2D eigenvalue weighted by molar-refractivity contribution is 5.82. The van der Waals surface area contributed by atoms with Crippen molar-refractivity contribution in [2.75, 3.05) is 65.8 Å². The van der Waals surface area contributed by atoms with Gasteiger partial charge in [0, 0.05) is 13.1 Å². The molecule has 4 fully saturated rings. The summed E-state index contributed by atoms with van der Waals surface area (Å²) in [5.41, 5.74) is 13.0. The topological polar surface area (TPSA) is 459 Å². The number of aliphatic hydroxyl groups is 13. The van der Waals surface area contributed by atoms with Crippen LogP contribution in [-0.2, 0) is 52.3 Å². The number of aliphatic hydroxyl groups excluding tert-OH is 13. The standard InChI is InChI=1S/C34H61N5O24/c1-12-19(45)23(49)26(52)31(59-12)56-4-2-39(37-18(44)8-38(6-16(35)42)7-17(36)43)3-5-57-33-29(55)30(63-34-28(54)25(51)21(47)14(10-41)61-34)22(48)15(62-33)11-58-32-27(53)24(50)20(46)13(9-40)60-32/h12-15,19-34,40-41,45-55H,2-11H2,1H3,(H2,35,42)(H2,36,43)(H,37,44)/t12-,13+,14+,15+,19+,20+,21+,22+,23+,24-,25-,26-,27-,28-,29-,30-,31-,32-,33-,34+/m0/s1. The quantitative estimate of drug-likeness (QED) is 0.0448. The Kier molecular flexibility index (Phi) is 20.5. The lowest BCUT2D eigenvalue weighted by atomic mass is 9.96. The molecule has 0 saturated carbocycles. The third kappa shape index (κ3) is 14.0. The fourth-order valence-electron chi connectivity index (χ4n) is 7.02. The van der Waals surface area contributed by atoms with Gasteiger partial charge in [0.05, 0.1) is 58.8 Å². The zero-order valence-corrected chi connectivity index (χ0v) is 34.0. The van der Waals surface area contributed by atoms with Gasteiger partial charge in [-0.15, -0.1) is 0 Å². The fraction of sp³-hybridized carbons (Fsp3) is 0.912. The molecule has 4 aliphatic rings. The molecular weight excluding hydrogens is 862 g/mol. The summed E-state index contributed by atoms with van der Waals surface area (Å²) in [7, 11) is 0. The smallest absolute Gasteiger partial charge is 0.248 e. The van der Waals surface area contributed by atoms with E-state index in [0.717, 1.165) is 4.90 Å². The van der Waals surface area contributed by atoms with E-state index in [1.54, 1.807) is 0 Å². The van der Waals surface area contributed by atoms with Gasteiger partial charge >= 0.3 is 0 Å². The summed E-state index contributed by atoms with van der Waals surface area (Å²) in [5, 5.41) is 136. The van der Waals surface area contributed by atoms with E-state index in [4.69, 9.17) is 49.4 Å². The van der Waals surface area contributed by atoms with Crippen molar-refractivity contribution in [3.8, 4) is 0 Å². The first-order chi connectivity index (χ1) is 29.7. The fourth-order valence-corrected chi connectivity index (χ4v) is 7.02. The molecule has 63 heavy (non-hydrogen) atoms. The normalized spacial score (nSPS) is 41.1. The summed E-state index contributed by atoms with van der Waals surface area (Å²) in [6.07, 6.45) is -33.8. The van der Waals surface area contributed by atoms with Crippen molar-refractivity contribution in [1.82, 2.24) is 15.3 Å². The second-order valence-corrected chi connectivity index (χ2v) is 15.4. The van der Waals surface area contributed by atoms with Crippen molar-refractivity contribution in [3.63, 3.8) is 0 Å². The molecule has 3 amide bonds. The lowest BCUT2D eigenvalue weighted by Crippen LogP contribution is -2.65. The third-order valence-electron chi connectivity index (χ3n) is 10.6. The van der Waals surface area contributed by atoms with Gasteiger partial charge in [-0.1, -0.05) is 0 Å². The lowest BCUT2D eigenvalue weighted by molar-refractivity contribution is -0.366. The van der Waals surface area contributed by atoms with Crippen LogP contribution in [0.3, 0.4) is 0 Å². The Hall–Kier alpha value is -2.51. The van der Waals surface area contributed by atoms with Gasteiger partial charge in [-0.25, -0.2) is 5.01 Å². The molecule has 0 unspecified atom stereocenters. The molecule has 20 atom stereocenters. The molecular formula is C34H61N5O24. The van der Waals surface area contributed by atoms with Crippen molar-refractivity contribution >= 4 is 17.7 Å². The first kappa shape index (κ1) is 53.1. The Morgan fingerprint density at radius 2 is 0.984 bits per heavy atom. The number of amides is 3. The number of nitrogens with two attached hydrogens (primary N) is 2. The Bertz CT molecular complexity index is 1430. The highest BCUT2D eigenvalue weighted by atomic mass is 16.8. The number of carbonyl (C=O) groups is 3. The molecule has 0 aromatic heterocycles. The highest BCUT2D eigenvalue weighted by Crippen LogP contribution is 2.31. The van der Waals surface area contributed by atoms with Crippen LogP contribution in [0, 0.1) is 0 Å². The van der Waals surface area contributed by atoms with E-state index in [9.17, 15) is 80.8 Å². The molecule has 4 heterocycles. The Balaban J connectivity index is 1.51. The second-order valence-electron chi connectivity index (χ2n) is 15.4. The van der Waals surface area contributed by atoms with Gasteiger partial charge in [0.1, 0.15) is 91.6 Å². The molecule has 366 valence electrons. The molecule has 0 radical (unpaired) electrons. The number of nitrogens with zero attached hydrogens (tertiary/aromatic N) is 2. The number of primary amides is 2. The van der Waals surface area contributed by atoms with Gasteiger partial charge in [-0.05, 0) is 6.92 Å². The average Bonchev–Trinajstić information content (AvgIpc) is 3.22. The maximum atomic E-state index is 13.1. The predicted octanol–water partition coefficient (Wildman–Crippen LogP) is -12.1. The molecule has 4 saturated heterocycles. The van der Waals surface area contributed by atoms with Crippen molar-refractivity contribution < 1.29 is 119 Å². The maximum Gasteiger partial charge on any atom is 0.248 e. The molecule has 0 aromatic rings. The van der Waals surface area contributed by atoms with Gasteiger partial charge in [0.15, 0.2) is 25.2 Å². The molecule has 0 spiro atoms. The zero-order valence-electron chi connectivity index (χ0n) is 34.0. The van der Waals surface area contributed by atoms with Gasteiger partial charge in [-0.2, -0.15) is 0 Å². The summed E-state index contributed by atoms with van der Waals surface area (Å²) in [6, 6.07) is 0. The highest BCUT2D eigenvalue weighted by Gasteiger charge is 2.52. The van der Waals surface area contributed by atoms with E-state index in [-0.39, 0.29) is 19.7 Å². The monoisotopic (exact) mass is 923 g/mol. The van der Waals surface area contributed by atoms with E-state index < -0.39 is 187 Å². The number of hydrogen-bond donors (Lipinski definition) is 16. The number of carbonyl (C=O) groups excluding carboxylic acids is 3. The Morgan fingerprint density at radius 1 is 0.540 bits per heavy atom. The minimum absolute atomic E-state index is 0.231. The minimum atomic E-state index is -1.99. The maximum absolute atomic E-state index is 13.1. The van der Waals surface area contributed by atoms with Crippen LogP contribution in [0.1, 0.15) is 6.92 Å². The lowest BCUT2D eigenvalue weighted by Gasteiger charge is -2.46. The summed E-state index contributed by atoms with van der Waals surface area (Å²) < 4.78 is 44.5. The van der Waals surface area contributed by atoms with Gasteiger partial charge in [0.25, 0.3) is 0 Å². The van der Waals surface area contributed by atoms with E-state index in [1.807, 2.05) is 0 Å². The molecule has 0 aromatic carbocycles. The molecule has 29 heteroatoms. The van der Waals surface area contributed by atoms with Crippen molar-refractivity contribution in [3.05, 3.63) is 0 Å². The van der Waals surface area contributed by atoms with Crippen LogP contribution < -0.4 is 16.9 Å². The van der Waals surface area contributed by atoms with Crippen molar-refractivity contribution in [1.29, 1.82) is 0 Å². The van der Waals surface area contributed by atoms with Gasteiger partial charge < -0.3 is 116 Å². The Morgan fingerprint density at radius 3 is 1.49 bits per heavy atom. The number of hydrazine groups is 1. The van der Waals surface area contributed by atoms with E-state index in [1.165, 1.54) is 11.9 Å². The number of rotatable bonds is 22. The number of nitrogens with one attached hydrogen (secondary N) is 1. The van der Waals surface area contributed by atoms with Gasteiger partial charge in [-0.3, -0.25) is 24.7 Å².